The van der Waals surface area contributed by atoms with Crippen LogP contribution in [0.2, 0.25) is 0 Å². The van der Waals surface area contributed by atoms with Crippen molar-refractivity contribution in [2.45, 2.75) is 32.2 Å². The van der Waals surface area contributed by atoms with Crippen molar-refractivity contribution in [1.29, 1.82) is 0 Å². The number of hydrogen-bond acceptors (Lipinski definition) is 4. The summed E-state index contributed by atoms with van der Waals surface area (Å²) in [5.74, 6) is 0.893. The summed E-state index contributed by atoms with van der Waals surface area (Å²) in [6.07, 6.45) is 1.65. The molecule has 1 heterocycles. The molecule has 1 aliphatic rings. The molecule has 7 heteroatoms. The van der Waals surface area contributed by atoms with E-state index < -0.39 is 0 Å². The van der Waals surface area contributed by atoms with E-state index in [4.69, 9.17) is 9.47 Å². The Labute approximate surface area is 176 Å². The Bertz CT molecular complexity index is 831. The van der Waals surface area contributed by atoms with Gasteiger partial charge in [0.15, 0.2) is 6.61 Å². The van der Waals surface area contributed by atoms with Crippen LogP contribution in [0.25, 0.3) is 0 Å². The molecular formula is C23H27FN2O4. The number of likely N-dealkylation sites (tertiary alicyclic amines) is 1. The fraction of sp³-hybridized carbons (Fsp3) is 0.391. The molecule has 0 bridgehead atoms. The second kappa shape index (κ2) is 10.6. The Hall–Kier alpha value is -3.09. The maximum atomic E-state index is 13.0. The third-order valence-electron chi connectivity index (χ3n) is 4.99. The highest BCUT2D eigenvalue weighted by Gasteiger charge is 2.24. The van der Waals surface area contributed by atoms with Gasteiger partial charge in [0.05, 0.1) is 13.0 Å². The van der Waals surface area contributed by atoms with Gasteiger partial charge >= 0.3 is 0 Å². The average molecular weight is 414 g/mol. The van der Waals surface area contributed by atoms with Crippen molar-refractivity contribution in [2.75, 3.05) is 26.3 Å². The van der Waals surface area contributed by atoms with Crippen molar-refractivity contribution in [3.05, 3.63) is 59.9 Å². The molecule has 1 fully saturated rings. The second-order valence-electron chi connectivity index (χ2n) is 7.22. The lowest BCUT2D eigenvalue weighted by molar-refractivity contribution is -0.131. The van der Waals surface area contributed by atoms with Crippen LogP contribution >= 0.6 is 0 Å². The van der Waals surface area contributed by atoms with Crippen LogP contribution in [0.5, 0.6) is 11.5 Å². The van der Waals surface area contributed by atoms with Gasteiger partial charge in [-0.1, -0.05) is 12.1 Å². The summed E-state index contributed by atoms with van der Waals surface area (Å²) in [7, 11) is 0. The summed E-state index contributed by atoms with van der Waals surface area (Å²) in [6.45, 7) is 3.63. The Morgan fingerprint density at radius 2 is 1.60 bits per heavy atom. The zero-order valence-electron chi connectivity index (χ0n) is 17.1. The zero-order valence-corrected chi connectivity index (χ0v) is 17.1. The summed E-state index contributed by atoms with van der Waals surface area (Å²) < 4.78 is 23.9. The molecule has 160 valence electrons. The van der Waals surface area contributed by atoms with Crippen LogP contribution in [0.3, 0.4) is 0 Å². The van der Waals surface area contributed by atoms with Gasteiger partial charge in [0.25, 0.3) is 5.91 Å². The standard InChI is InChI=1S/C23H27FN2O4/c1-2-29-20-7-9-21(10-8-20)30-16-22(27)25-19-11-13-26(14-12-19)23(28)15-17-3-5-18(24)6-4-17/h3-10,19H,2,11-16H2,1H3,(H,25,27). The van der Waals surface area contributed by atoms with Crippen molar-refractivity contribution < 1.29 is 23.5 Å². The number of amides is 2. The van der Waals surface area contributed by atoms with Crippen LogP contribution in [0, 0.1) is 5.82 Å². The van der Waals surface area contributed by atoms with Gasteiger partial charge in [-0.05, 0) is 61.7 Å². The number of nitrogens with one attached hydrogen (secondary N) is 1. The lowest BCUT2D eigenvalue weighted by atomic mass is 10.0. The molecular weight excluding hydrogens is 387 g/mol. The van der Waals surface area contributed by atoms with Crippen molar-refractivity contribution in [2.24, 2.45) is 0 Å². The van der Waals surface area contributed by atoms with E-state index in [1.165, 1.54) is 12.1 Å². The van der Waals surface area contributed by atoms with Crippen LogP contribution in [-0.4, -0.2) is 49.1 Å². The fourth-order valence-electron chi connectivity index (χ4n) is 3.38. The molecule has 6 nitrogen and oxygen atoms in total. The first kappa shape index (κ1) is 21.6. The lowest BCUT2D eigenvalue weighted by Gasteiger charge is -2.32. The number of hydrogen-bond donors (Lipinski definition) is 1. The average Bonchev–Trinajstić information content (AvgIpc) is 2.75. The maximum Gasteiger partial charge on any atom is 0.258 e. The molecule has 0 aliphatic carbocycles. The first-order valence-electron chi connectivity index (χ1n) is 10.2. The van der Waals surface area contributed by atoms with Gasteiger partial charge in [-0.25, -0.2) is 4.39 Å². The molecule has 2 aromatic rings. The van der Waals surface area contributed by atoms with E-state index in [-0.39, 0.29) is 36.7 Å². The SMILES string of the molecule is CCOc1ccc(OCC(=O)NC2CCN(C(=O)Cc3ccc(F)cc3)CC2)cc1. The number of piperidine rings is 1. The summed E-state index contributed by atoms with van der Waals surface area (Å²) in [4.78, 5) is 26.4. The van der Waals surface area contributed by atoms with Gasteiger partial charge in [0, 0.05) is 19.1 Å². The topological polar surface area (TPSA) is 67.9 Å². The molecule has 1 aliphatic heterocycles. The molecule has 0 atom stereocenters. The highest BCUT2D eigenvalue weighted by Crippen LogP contribution is 2.17. The molecule has 0 saturated carbocycles. The first-order chi connectivity index (χ1) is 14.5. The third kappa shape index (κ3) is 6.47. The Morgan fingerprint density at radius 1 is 1.00 bits per heavy atom. The number of halogens is 1. The minimum absolute atomic E-state index is 0.0187. The molecule has 30 heavy (non-hydrogen) atoms. The first-order valence-corrected chi connectivity index (χ1v) is 10.2. The van der Waals surface area contributed by atoms with Crippen molar-refractivity contribution in [1.82, 2.24) is 10.2 Å². The normalized spacial score (nSPS) is 14.3. The predicted molar refractivity (Wildman–Crippen MR) is 111 cm³/mol. The highest BCUT2D eigenvalue weighted by atomic mass is 19.1. The molecule has 0 unspecified atom stereocenters. The van der Waals surface area contributed by atoms with E-state index in [2.05, 4.69) is 5.32 Å². The second-order valence-corrected chi connectivity index (χ2v) is 7.22. The monoisotopic (exact) mass is 414 g/mol. The smallest absolute Gasteiger partial charge is 0.258 e. The number of carbonyl (C=O) groups excluding carboxylic acids is 2. The van der Waals surface area contributed by atoms with Gasteiger partial charge in [-0.2, -0.15) is 0 Å². The van der Waals surface area contributed by atoms with E-state index in [0.29, 0.717) is 38.3 Å². The largest absolute Gasteiger partial charge is 0.494 e. The summed E-state index contributed by atoms with van der Waals surface area (Å²) in [5, 5.41) is 2.97. The van der Waals surface area contributed by atoms with Crippen LogP contribution in [-0.2, 0) is 16.0 Å². The minimum atomic E-state index is -0.311. The Morgan fingerprint density at radius 3 is 2.20 bits per heavy atom. The molecule has 2 aromatic carbocycles. The number of nitrogens with zero attached hydrogens (tertiary/aromatic N) is 1. The van der Waals surface area contributed by atoms with Crippen LogP contribution < -0.4 is 14.8 Å². The number of rotatable bonds is 8. The van der Waals surface area contributed by atoms with Crippen molar-refractivity contribution in [3.63, 3.8) is 0 Å². The van der Waals surface area contributed by atoms with Gasteiger partial charge in [-0.15, -0.1) is 0 Å². The number of ether oxygens (including phenoxy) is 2. The molecule has 2 amide bonds. The molecule has 1 N–H and O–H groups in total. The Balaban J connectivity index is 1.36. The third-order valence-corrected chi connectivity index (χ3v) is 4.99. The summed E-state index contributed by atoms with van der Waals surface area (Å²) in [6, 6.07) is 13.1. The molecule has 0 aromatic heterocycles. The van der Waals surface area contributed by atoms with Crippen molar-refractivity contribution in [3.8, 4) is 11.5 Å². The molecule has 0 spiro atoms. The van der Waals surface area contributed by atoms with E-state index in [1.54, 1.807) is 41.3 Å². The minimum Gasteiger partial charge on any atom is -0.494 e. The lowest BCUT2D eigenvalue weighted by Crippen LogP contribution is -2.47. The predicted octanol–water partition coefficient (Wildman–Crippen LogP) is 2.95. The van der Waals surface area contributed by atoms with Crippen LogP contribution in [0.1, 0.15) is 25.3 Å². The van der Waals surface area contributed by atoms with Gasteiger partial charge in [0.1, 0.15) is 17.3 Å². The Kier molecular flexibility index (Phi) is 7.65. The van der Waals surface area contributed by atoms with E-state index >= 15 is 0 Å². The van der Waals surface area contributed by atoms with Crippen molar-refractivity contribution >= 4 is 11.8 Å². The maximum absolute atomic E-state index is 13.0. The van der Waals surface area contributed by atoms with E-state index in [9.17, 15) is 14.0 Å². The fourth-order valence-corrected chi connectivity index (χ4v) is 3.38. The van der Waals surface area contributed by atoms with E-state index in [1.807, 2.05) is 6.92 Å². The summed E-state index contributed by atoms with van der Waals surface area (Å²) >= 11 is 0. The number of benzene rings is 2. The van der Waals surface area contributed by atoms with Gasteiger partial charge in [0.2, 0.25) is 5.91 Å². The molecule has 1 saturated heterocycles. The van der Waals surface area contributed by atoms with Gasteiger partial charge < -0.3 is 19.7 Å². The van der Waals surface area contributed by atoms with E-state index in [0.717, 1.165) is 11.3 Å². The van der Waals surface area contributed by atoms with Gasteiger partial charge in [-0.3, -0.25) is 9.59 Å². The number of carbonyl (C=O) groups is 2. The van der Waals surface area contributed by atoms with Crippen LogP contribution in [0.15, 0.2) is 48.5 Å². The molecule has 0 radical (unpaired) electrons. The highest BCUT2D eigenvalue weighted by molar-refractivity contribution is 5.79. The zero-order chi connectivity index (χ0) is 21.3. The molecule has 3 rings (SSSR count). The van der Waals surface area contributed by atoms with Crippen LogP contribution in [0.4, 0.5) is 4.39 Å². The quantitative estimate of drug-likeness (QED) is 0.721. The summed E-state index contributed by atoms with van der Waals surface area (Å²) in [5.41, 5.74) is 0.795.